The minimum absolute atomic E-state index is 0.0588. The molecule has 0 aromatic heterocycles. The quantitative estimate of drug-likeness (QED) is 0.0234. The second kappa shape index (κ2) is 34.2. The fraction of sp³-hybridized carbons (Fsp3) is 0.600. The lowest BCUT2D eigenvalue weighted by Crippen LogP contribution is -2.63. The van der Waals surface area contributed by atoms with Crippen LogP contribution in [0.15, 0.2) is 54.1 Å². The van der Waals surface area contributed by atoms with Crippen LogP contribution >= 0.6 is 11.6 Å². The molecule has 2 saturated heterocycles. The van der Waals surface area contributed by atoms with Crippen molar-refractivity contribution < 1.29 is 86.2 Å². The average Bonchev–Trinajstić information content (AvgIpc) is 1.31. The summed E-state index contributed by atoms with van der Waals surface area (Å²) in [7, 11) is 8.54. The van der Waals surface area contributed by atoms with E-state index < -0.39 is 114 Å². The van der Waals surface area contributed by atoms with E-state index >= 15 is 0 Å². The van der Waals surface area contributed by atoms with Crippen LogP contribution in [0, 0.1) is 17.8 Å². The number of amides is 9. The largest absolute Gasteiger partial charge is 0.495 e. The molecule has 3 aliphatic heterocycles. The third kappa shape index (κ3) is 21.0. The lowest BCUT2D eigenvalue weighted by Gasteiger charge is -2.42. The van der Waals surface area contributed by atoms with Crippen LogP contribution in [0.2, 0.25) is 5.02 Å². The molecule has 0 spiro atoms. The smallest absolute Gasteiger partial charge is 0.409 e. The first-order chi connectivity index (χ1) is 43.8. The Hall–Kier alpha value is -8.01. The average molecular weight is 1320 g/mol. The van der Waals surface area contributed by atoms with Crippen molar-refractivity contribution in [3.8, 4) is 11.5 Å². The van der Waals surface area contributed by atoms with Crippen molar-refractivity contribution in [3.05, 3.63) is 70.3 Å². The number of likely N-dealkylation sites (N-methyl/N-ethyl adjacent to an activating group) is 1. The van der Waals surface area contributed by atoms with Gasteiger partial charge in [0.05, 0.1) is 38.1 Å². The number of primary amides is 1. The zero-order valence-electron chi connectivity index (χ0n) is 55.8. The van der Waals surface area contributed by atoms with Gasteiger partial charge in [-0.15, -0.1) is 0 Å². The van der Waals surface area contributed by atoms with Gasteiger partial charge in [-0.05, 0) is 94.2 Å². The number of halogens is 1. The summed E-state index contributed by atoms with van der Waals surface area (Å²) in [6, 6.07) is 3.96. The number of anilines is 2. The second-order valence-corrected chi connectivity index (χ2v) is 25.1. The highest BCUT2D eigenvalue weighted by atomic mass is 35.5. The van der Waals surface area contributed by atoms with Crippen LogP contribution in [0.3, 0.4) is 0 Å². The van der Waals surface area contributed by atoms with Crippen LogP contribution in [0.1, 0.15) is 124 Å². The second-order valence-electron chi connectivity index (χ2n) is 24.8. The summed E-state index contributed by atoms with van der Waals surface area (Å²) in [6.45, 7) is 13.6. The van der Waals surface area contributed by atoms with Gasteiger partial charge in [-0.3, -0.25) is 34.1 Å². The first-order valence-electron chi connectivity index (χ1n) is 31.1. The number of nitrogens with zero attached hydrogens (tertiary/aromatic N) is 3. The fourth-order valence-corrected chi connectivity index (χ4v) is 11.2. The molecule has 93 heavy (non-hydrogen) atoms. The fourth-order valence-electron chi connectivity index (χ4n) is 10.9. The number of fused-ring (bicyclic) bond motifs is 5. The maximum Gasteiger partial charge on any atom is 0.409 e. The number of ketones is 1. The first-order valence-corrected chi connectivity index (χ1v) is 31.5. The van der Waals surface area contributed by atoms with Crippen molar-refractivity contribution >= 4 is 82.5 Å². The SMILES string of the molecule is COc1cc(COC(=O)N(C)CCC(=O)N(C)[C@@H](C)C(=O)O[C@H]2CC(=O)N(C)c3cc(cc(OC)c3Cl)C/C(C)=C/C=C/[C@@H](OC)[C@@]3(O)C[C@H](OC(=O)N3)[C@@H](C)[C@@H]3O[C@@]23C)ccc1NC(=O)[C@H](CCCNC(N)=O)NC(=O)[C@@H](NC(=O)CCCCC(=O)C(C)C)C(C)C. The Morgan fingerprint density at radius 1 is 0.925 bits per heavy atom. The van der Waals surface area contributed by atoms with E-state index in [9.17, 15) is 53.1 Å². The number of hydrogen-bond donors (Lipinski definition) is 7. The molecule has 8 N–H and O–H groups in total. The van der Waals surface area contributed by atoms with Crippen molar-refractivity contribution in [1.29, 1.82) is 0 Å². The topological polar surface area (TPSA) is 355 Å². The molecule has 3 heterocycles. The number of allylic oxidation sites excluding steroid dienone is 3. The Balaban J connectivity index is 1.23. The third-order valence-electron chi connectivity index (χ3n) is 17.0. The highest BCUT2D eigenvalue weighted by Crippen LogP contribution is 2.49. The number of rotatable bonds is 27. The number of ether oxygens (including phenoxy) is 7. The number of methoxy groups -OCH3 is 3. The van der Waals surface area contributed by atoms with Crippen molar-refractivity contribution in [2.45, 2.75) is 180 Å². The number of aliphatic hydroxyl groups is 1. The van der Waals surface area contributed by atoms with Gasteiger partial charge in [0.25, 0.3) is 0 Å². The van der Waals surface area contributed by atoms with Crippen molar-refractivity contribution in [3.63, 3.8) is 0 Å². The maximum atomic E-state index is 14.5. The molecule has 27 nitrogen and oxygen atoms in total. The summed E-state index contributed by atoms with van der Waals surface area (Å²) >= 11 is 6.84. The molecule has 10 atom stereocenters. The molecular weight excluding hydrogens is 1230 g/mol. The number of Topliss-reactive ketones (excluding diaryl/α,β-unsaturated/α-hetero) is 1. The Morgan fingerprint density at radius 2 is 1.61 bits per heavy atom. The van der Waals surface area contributed by atoms with Gasteiger partial charge in [0.2, 0.25) is 29.5 Å². The molecular formula is C65H94ClN9O18. The van der Waals surface area contributed by atoms with Crippen molar-refractivity contribution in [2.75, 3.05) is 65.8 Å². The number of nitrogens with one attached hydrogen (secondary N) is 5. The third-order valence-corrected chi connectivity index (χ3v) is 17.4. The number of benzene rings is 2. The zero-order valence-corrected chi connectivity index (χ0v) is 56.5. The maximum absolute atomic E-state index is 14.5. The molecule has 0 unspecified atom stereocenters. The Bertz CT molecular complexity index is 3110. The molecule has 3 aliphatic rings. The lowest BCUT2D eigenvalue weighted by atomic mass is 9.83. The van der Waals surface area contributed by atoms with E-state index in [-0.39, 0.29) is 91.8 Å². The van der Waals surface area contributed by atoms with Crippen LogP contribution in [-0.2, 0) is 70.3 Å². The normalized spacial score (nSPS) is 23.2. The van der Waals surface area contributed by atoms with Gasteiger partial charge >= 0.3 is 24.2 Å². The lowest BCUT2D eigenvalue weighted by molar-refractivity contribution is -0.162. The van der Waals surface area contributed by atoms with E-state index in [1.54, 1.807) is 58.0 Å². The van der Waals surface area contributed by atoms with Gasteiger partial charge in [-0.1, -0.05) is 76.1 Å². The van der Waals surface area contributed by atoms with Gasteiger partial charge in [-0.2, -0.15) is 0 Å². The number of nitrogens with two attached hydrogens (primary N) is 1. The number of carbonyl (C=O) groups excluding carboxylic acids is 10. The summed E-state index contributed by atoms with van der Waals surface area (Å²) in [6.07, 6.45) is 0.705. The molecule has 514 valence electrons. The molecule has 0 saturated carbocycles. The number of alkyl carbamates (subject to hydrolysis) is 1. The van der Waals surface area contributed by atoms with E-state index in [1.165, 1.54) is 71.3 Å². The Labute approximate surface area is 548 Å². The van der Waals surface area contributed by atoms with E-state index in [1.807, 2.05) is 26.8 Å². The van der Waals surface area contributed by atoms with Crippen molar-refractivity contribution in [1.82, 2.24) is 31.1 Å². The highest BCUT2D eigenvalue weighted by molar-refractivity contribution is 6.35. The Kier molecular flexibility index (Phi) is 27.9. The number of epoxide rings is 1. The van der Waals surface area contributed by atoms with Crippen LogP contribution < -0.4 is 46.7 Å². The summed E-state index contributed by atoms with van der Waals surface area (Å²) < 4.78 is 40.6. The summed E-state index contributed by atoms with van der Waals surface area (Å²) in [4.78, 5) is 136. The molecule has 5 rings (SSSR count). The predicted octanol–water partition coefficient (Wildman–Crippen LogP) is 5.98. The number of unbranched alkanes of at least 4 members (excludes halogenated alkanes) is 1. The van der Waals surface area contributed by atoms with Crippen LogP contribution in [-0.4, -0.2) is 184 Å². The van der Waals surface area contributed by atoms with Crippen LogP contribution in [0.25, 0.3) is 0 Å². The standard InChI is InChI=1S/C65H94ClN9O18/c1-36(2)46(76)21-15-16-23-52(77)71-56(37(3)4)59(81)70-44(20-18-27-68-61(67)83)58(80)69-43-25-24-41(31-47(43)87-12)35-90-63(85)73(9)28-26-53(78)74(10)40(7)60(82)92-51-33-54(79)75(11)45-30-42(32-48(88-13)55(45)66)29-38(5)19-17-22-50(89-14)65(86)34-49(91-62(84)72-65)39(6)57-64(51,8)93-57/h17,19,22,24-25,30-32,36-37,39-40,44,49-51,56-57,86H,15-16,18,20-21,23,26-29,33-35H2,1-14H3,(H,69,80)(H,70,81)(H,71,77)(H,72,84)(H3,67,68,83)/b22-17+,38-19+/t39-,40+,44+,49+,50-,51+,56+,57+,64+,65+/m1/s1. The van der Waals surface area contributed by atoms with Crippen LogP contribution in [0.5, 0.6) is 11.5 Å². The molecule has 4 bridgehead atoms. The minimum atomic E-state index is -1.91. The van der Waals surface area contributed by atoms with Gasteiger partial charge < -0.3 is 80.0 Å². The van der Waals surface area contributed by atoms with Gasteiger partial charge in [0, 0.05) is 78.9 Å². The van der Waals surface area contributed by atoms with E-state index in [0.29, 0.717) is 42.7 Å². The number of esters is 1. The molecule has 0 radical (unpaired) electrons. The van der Waals surface area contributed by atoms with E-state index in [4.69, 9.17) is 50.5 Å². The number of hydrogen-bond acceptors (Lipinski definition) is 18. The van der Waals surface area contributed by atoms with Gasteiger partial charge in [0.1, 0.15) is 71.0 Å². The summed E-state index contributed by atoms with van der Waals surface area (Å²) in [5, 5.41) is 25.3. The number of carbonyl (C=O) groups is 10. The molecule has 2 fully saturated rings. The van der Waals surface area contributed by atoms with Gasteiger partial charge in [0.15, 0.2) is 5.72 Å². The predicted molar refractivity (Wildman–Crippen MR) is 344 cm³/mol. The minimum Gasteiger partial charge on any atom is -0.495 e. The van der Waals surface area contributed by atoms with Gasteiger partial charge in [-0.25, -0.2) is 19.2 Å². The zero-order chi connectivity index (χ0) is 69.2. The van der Waals surface area contributed by atoms with E-state index in [0.717, 1.165) is 16.0 Å². The van der Waals surface area contributed by atoms with Crippen molar-refractivity contribution in [2.24, 2.45) is 23.5 Å². The highest BCUT2D eigenvalue weighted by Gasteiger charge is 2.64. The van der Waals surface area contributed by atoms with Crippen LogP contribution in [0.4, 0.5) is 25.8 Å². The summed E-state index contributed by atoms with van der Waals surface area (Å²) in [5.74, 6) is -4.13. The molecule has 2 aromatic carbocycles. The molecule has 9 amide bonds. The van der Waals surface area contributed by atoms with E-state index in [2.05, 4.69) is 26.6 Å². The molecule has 28 heteroatoms. The summed E-state index contributed by atoms with van der Waals surface area (Å²) in [5.41, 5.74) is 4.54. The molecule has 0 aliphatic carbocycles. The first kappa shape index (κ1) is 75.7. The number of urea groups is 1. The Morgan fingerprint density at radius 3 is 2.26 bits per heavy atom. The monoisotopic (exact) mass is 1320 g/mol. The molecule has 2 aromatic rings.